The summed E-state index contributed by atoms with van der Waals surface area (Å²) in [5, 5.41) is 15.5. The van der Waals surface area contributed by atoms with E-state index in [9.17, 15) is 18.3 Å². The molecule has 12 heteroatoms. The molecule has 2 heterocycles. The van der Waals surface area contributed by atoms with Gasteiger partial charge in [0.15, 0.2) is 11.7 Å². The number of carbonyl (C=O) groups excluding carboxylic acids is 1. The van der Waals surface area contributed by atoms with Crippen LogP contribution in [0.25, 0.3) is 10.2 Å². The maximum absolute atomic E-state index is 14.3. The zero-order valence-corrected chi connectivity index (χ0v) is 32.2. The predicted molar refractivity (Wildman–Crippen MR) is 206 cm³/mol. The zero-order chi connectivity index (χ0) is 36.5. The van der Waals surface area contributed by atoms with E-state index in [-0.39, 0.29) is 30.5 Å². The third-order valence-electron chi connectivity index (χ3n) is 9.30. The number of nitrogens with zero attached hydrogens (tertiary/aromatic N) is 4. The average molecular weight is 736 g/mol. The van der Waals surface area contributed by atoms with E-state index in [4.69, 9.17) is 9.72 Å². The number of fused-ring (bicyclic) bond motifs is 1. The first-order valence-electron chi connectivity index (χ1n) is 18.0. The Balaban J connectivity index is 1.31. The van der Waals surface area contributed by atoms with E-state index in [0.717, 1.165) is 51.5 Å². The molecule has 51 heavy (non-hydrogen) atoms. The van der Waals surface area contributed by atoms with Crippen molar-refractivity contribution in [3.63, 3.8) is 0 Å². The maximum atomic E-state index is 14.3. The highest BCUT2D eigenvalue weighted by Crippen LogP contribution is 2.31. The van der Waals surface area contributed by atoms with Gasteiger partial charge < -0.3 is 25.0 Å². The molecule has 1 aliphatic rings. The molecule has 1 saturated heterocycles. The van der Waals surface area contributed by atoms with Gasteiger partial charge in [-0.25, -0.2) is 13.4 Å². The number of thiazole rings is 1. The Morgan fingerprint density at radius 2 is 1.73 bits per heavy atom. The number of likely N-dealkylation sites (tertiary alicyclic amines) is 1. The topological polar surface area (TPSA) is 115 Å². The molecule has 1 aliphatic heterocycles. The van der Waals surface area contributed by atoms with Gasteiger partial charge in [0, 0.05) is 26.7 Å². The summed E-state index contributed by atoms with van der Waals surface area (Å²) in [6, 6.07) is 19.6. The highest BCUT2D eigenvalue weighted by atomic mass is 32.2. The number of aliphatic hydroxyl groups is 1. The first-order valence-corrected chi connectivity index (χ1v) is 20.2. The van der Waals surface area contributed by atoms with Crippen LogP contribution in [0.5, 0.6) is 5.75 Å². The minimum absolute atomic E-state index is 0.00663. The van der Waals surface area contributed by atoms with Gasteiger partial charge in [0.05, 0.1) is 27.3 Å². The molecule has 0 bridgehead atoms. The maximum Gasteiger partial charge on any atom is 0.258 e. The average Bonchev–Trinajstić information content (AvgIpc) is 3.78. The molecule has 0 saturated carbocycles. The number of nitrogens with one attached hydrogen (secondary N) is 1. The number of hydrogen-bond donors (Lipinski definition) is 2. The molecule has 276 valence electrons. The van der Waals surface area contributed by atoms with Gasteiger partial charge in [-0.15, -0.1) is 0 Å². The van der Waals surface area contributed by atoms with Gasteiger partial charge in [-0.1, -0.05) is 73.7 Å². The Kier molecular flexibility index (Phi) is 13.5. The van der Waals surface area contributed by atoms with Crippen LogP contribution in [0.4, 0.5) is 5.13 Å². The number of amides is 1. The van der Waals surface area contributed by atoms with Crippen molar-refractivity contribution >= 4 is 42.6 Å². The molecular formula is C39H53N5O5S2. The molecule has 10 nitrogen and oxygen atoms in total. The number of sulfonamides is 1. The van der Waals surface area contributed by atoms with Gasteiger partial charge in [-0.2, -0.15) is 4.31 Å². The molecule has 1 amide bonds. The normalized spacial score (nSPS) is 15.1. The number of aromatic nitrogens is 1. The summed E-state index contributed by atoms with van der Waals surface area (Å²) in [5.41, 5.74) is 3.50. The Morgan fingerprint density at radius 1 is 1.02 bits per heavy atom. The number of ether oxygens (including phenoxy) is 1. The summed E-state index contributed by atoms with van der Waals surface area (Å²) in [5.74, 6) is 0.243. The van der Waals surface area contributed by atoms with Crippen molar-refractivity contribution < 1.29 is 23.1 Å². The van der Waals surface area contributed by atoms with Crippen molar-refractivity contribution in [2.45, 2.75) is 70.4 Å². The third kappa shape index (κ3) is 10.5. The number of benzene rings is 3. The Bertz CT molecular complexity index is 1820. The number of aliphatic hydroxyl groups excluding tert-OH is 1. The molecule has 3 aromatic carbocycles. The fourth-order valence-electron chi connectivity index (χ4n) is 6.58. The molecule has 0 radical (unpaired) electrons. The van der Waals surface area contributed by atoms with E-state index in [1.807, 2.05) is 83.3 Å². The number of aryl methyl sites for hydroxylation is 2. The van der Waals surface area contributed by atoms with E-state index in [1.54, 1.807) is 18.2 Å². The molecule has 2 atom stereocenters. The van der Waals surface area contributed by atoms with Crippen LogP contribution in [0.3, 0.4) is 0 Å². The van der Waals surface area contributed by atoms with Gasteiger partial charge in [-0.05, 0) is 100.0 Å². The minimum atomic E-state index is -4.01. The lowest BCUT2D eigenvalue weighted by Crippen LogP contribution is -2.52. The van der Waals surface area contributed by atoms with Crippen LogP contribution in [0.1, 0.15) is 49.8 Å². The van der Waals surface area contributed by atoms with E-state index < -0.39 is 28.1 Å². The van der Waals surface area contributed by atoms with Crippen molar-refractivity contribution in [1.82, 2.24) is 19.5 Å². The first-order chi connectivity index (χ1) is 24.4. The number of rotatable bonds is 18. The lowest BCUT2D eigenvalue weighted by molar-refractivity contribution is -0.124. The molecule has 5 rings (SSSR count). The van der Waals surface area contributed by atoms with Gasteiger partial charge in [0.25, 0.3) is 5.91 Å². The summed E-state index contributed by atoms with van der Waals surface area (Å²) >= 11 is 1.48. The monoisotopic (exact) mass is 735 g/mol. The van der Waals surface area contributed by atoms with Crippen molar-refractivity contribution in [2.75, 3.05) is 57.8 Å². The largest absolute Gasteiger partial charge is 0.483 e. The van der Waals surface area contributed by atoms with Crippen LogP contribution in [-0.4, -0.2) is 98.7 Å². The lowest BCUT2D eigenvalue weighted by Gasteiger charge is -2.30. The first kappa shape index (κ1) is 38.7. The number of para-hydroxylation sites is 1. The van der Waals surface area contributed by atoms with Crippen LogP contribution in [0.15, 0.2) is 71.6 Å². The van der Waals surface area contributed by atoms with Gasteiger partial charge in [0.2, 0.25) is 10.0 Å². The molecule has 0 unspecified atom stereocenters. The highest BCUT2D eigenvalue weighted by Gasteiger charge is 2.32. The van der Waals surface area contributed by atoms with Crippen LogP contribution in [0.2, 0.25) is 0 Å². The zero-order valence-electron chi connectivity index (χ0n) is 30.5. The molecule has 1 fully saturated rings. The summed E-state index contributed by atoms with van der Waals surface area (Å²) in [4.78, 5) is 22.8. The second kappa shape index (κ2) is 17.8. The van der Waals surface area contributed by atoms with Gasteiger partial charge in [-0.3, -0.25) is 4.79 Å². The number of carbonyl (C=O) groups is 1. The van der Waals surface area contributed by atoms with E-state index in [1.165, 1.54) is 41.6 Å². The van der Waals surface area contributed by atoms with Crippen LogP contribution in [0, 0.1) is 19.8 Å². The summed E-state index contributed by atoms with van der Waals surface area (Å²) < 4.78 is 36.5. The summed E-state index contributed by atoms with van der Waals surface area (Å²) in [6.07, 6.45) is 2.72. The molecule has 0 aliphatic carbocycles. The van der Waals surface area contributed by atoms with Crippen molar-refractivity contribution in [3.8, 4) is 5.75 Å². The lowest BCUT2D eigenvalue weighted by atomic mass is 10.0. The number of anilines is 1. The summed E-state index contributed by atoms with van der Waals surface area (Å²) in [7, 11) is -1.98. The Morgan fingerprint density at radius 3 is 2.41 bits per heavy atom. The van der Waals surface area contributed by atoms with Crippen LogP contribution in [-0.2, 0) is 21.2 Å². The van der Waals surface area contributed by atoms with Crippen molar-refractivity contribution in [3.05, 3.63) is 83.4 Å². The standard InChI is InChI=1S/C39H53N5O5S2/c1-28(2)25-44(51(47,48)32-17-18-33-36(24-32)50-39(41-33)42(5)19-12-22-43-20-9-10-21-43)26-35(45)34(23-31-15-7-6-8-16-31)40-37(46)27-49-38-29(3)13-11-14-30(38)4/h6-8,11,13-18,24,28,34-35,45H,9-10,12,19-23,25-27H2,1-5H3,(H,40,46)/t34-,35+/m0/s1. The second-order valence-corrected chi connectivity index (χ2v) is 17.1. The molecule has 0 spiro atoms. The van der Waals surface area contributed by atoms with Crippen LogP contribution >= 0.6 is 11.3 Å². The van der Waals surface area contributed by atoms with Crippen LogP contribution < -0.4 is 15.0 Å². The second-order valence-electron chi connectivity index (χ2n) is 14.1. The highest BCUT2D eigenvalue weighted by molar-refractivity contribution is 7.89. The molecule has 1 aromatic heterocycles. The molecule has 2 N–H and O–H groups in total. The predicted octanol–water partition coefficient (Wildman–Crippen LogP) is 5.65. The quantitative estimate of drug-likeness (QED) is 0.135. The smallest absolute Gasteiger partial charge is 0.258 e. The van der Waals surface area contributed by atoms with Gasteiger partial charge >= 0.3 is 0 Å². The van der Waals surface area contributed by atoms with Crippen molar-refractivity contribution in [1.29, 1.82) is 0 Å². The van der Waals surface area contributed by atoms with Gasteiger partial charge in [0.1, 0.15) is 5.75 Å². The minimum Gasteiger partial charge on any atom is -0.483 e. The SMILES string of the molecule is Cc1cccc(C)c1OCC(=O)N[C@@H](Cc1ccccc1)[C@H](O)CN(CC(C)C)S(=O)(=O)c1ccc2nc(N(C)CCCN3CCCC3)sc2c1. The Hall–Kier alpha value is -3.55. The van der Waals surface area contributed by atoms with Crippen molar-refractivity contribution in [2.24, 2.45) is 5.92 Å². The fourth-order valence-corrected chi connectivity index (χ4v) is 9.29. The summed E-state index contributed by atoms with van der Waals surface area (Å²) in [6.45, 7) is 11.8. The molecule has 4 aromatic rings. The number of hydrogen-bond acceptors (Lipinski definition) is 9. The fraction of sp³-hybridized carbons (Fsp3) is 0.487. The third-order valence-corrected chi connectivity index (χ3v) is 12.3. The van der Waals surface area contributed by atoms with E-state index >= 15 is 0 Å². The Labute approximate surface area is 307 Å². The van der Waals surface area contributed by atoms with E-state index in [2.05, 4.69) is 15.1 Å². The van der Waals surface area contributed by atoms with E-state index in [0.29, 0.717) is 12.2 Å². The molecular weight excluding hydrogens is 683 g/mol.